The van der Waals surface area contributed by atoms with E-state index in [1.165, 1.54) is 36.1 Å². The van der Waals surface area contributed by atoms with Crippen molar-refractivity contribution in [3.8, 4) is 10.6 Å². The van der Waals surface area contributed by atoms with Crippen LogP contribution in [0.2, 0.25) is 0 Å². The van der Waals surface area contributed by atoms with Crippen LogP contribution in [0.25, 0.3) is 10.6 Å². The molecule has 0 radical (unpaired) electrons. The average Bonchev–Trinajstić information content (AvgIpc) is 3.03. The molecule has 0 bridgehead atoms. The molecule has 0 saturated heterocycles. The molecule has 0 fully saturated rings. The van der Waals surface area contributed by atoms with Crippen molar-refractivity contribution in [1.29, 1.82) is 0 Å². The van der Waals surface area contributed by atoms with Crippen LogP contribution in [0.4, 0.5) is 0 Å². The number of aryl methyl sites for hydroxylation is 2. The first-order chi connectivity index (χ1) is 9.74. The van der Waals surface area contributed by atoms with Gasteiger partial charge in [0.2, 0.25) is 0 Å². The Labute approximate surface area is 124 Å². The number of rotatable bonds is 5. The van der Waals surface area contributed by atoms with E-state index in [2.05, 4.69) is 30.2 Å². The zero-order chi connectivity index (χ0) is 13.9. The van der Waals surface area contributed by atoms with Gasteiger partial charge in [0.1, 0.15) is 5.69 Å². The quantitative estimate of drug-likeness (QED) is 0.903. The minimum absolute atomic E-state index is 0.652. The van der Waals surface area contributed by atoms with Gasteiger partial charge in [0.05, 0.1) is 4.88 Å². The smallest absolute Gasteiger partial charge is 0.181 e. The van der Waals surface area contributed by atoms with Crippen molar-refractivity contribution >= 4 is 11.3 Å². The Morgan fingerprint density at radius 3 is 3.00 bits per heavy atom. The van der Waals surface area contributed by atoms with Gasteiger partial charge in [0.15, 0.2) is 12.2 Å². The molecule has 4 heteroatoms. The molecule has 1 aliphatic rings. The van der Waals surface area contributed by atoms with Crippen LogP contribution in [0.1, 0.15) is 42.8 Å². The molecule has 2 aromatic rings. The molecule has 0 aromatic carbocycles. The van der Waals surface area contributed by atoms with Crippen LogP contribution in [-0.2, 0) is 19.4 Å². The van der Waals surface area contributed by atoms with Gasteiger partial charge in [-0.25, -0.2) is 4.98 Å². The number of hydrogen-bond donors (Lipinski definition) is 1. The van der Waals surface area contributed by atoms with Gasteiger partial charge in [0, 0.05) is 11.4 Å². The molecule has 0 unspecified atom stereocenters. The Hall–Kier alpha value is -1.13. The molecule has 3 nitrogen and oxygen atoms in total. The van der Waals surface area contributed by atoms with E-state index >= 15 is 0 Å². The van der Waals surface area contributed by atoms with Crippen LogP contribution in [0, 0.1) is 5.92 Å². The summed E-state index contributed by atoms with van der Waals surface area (Å²) < 4.78 is 5.65. The van der Waals surface area contributed by atoms with E-state index in [4.69, 9.17) is 4.42 Å². The lowest BCUT2D eigenvalue weighted by Gasteiger charge is -2.08. The lowest BCUT2D eigenvalue weighted by Crippen LogP contribution is -2.19. The Bertz CT molecular complexity index is 547. The predicted molar refractivity (Wildman–Crippen MR) is 83.0 cm³/mol. The highest BCUT2D eigenvalue weighted by molar-refractivity contribution is 7.15. The molecular weight excluding hydrogens is 268 g/mol. The summed E-state index contributed by atoms with van der Waals surface area (Å²) in [5, 5.41) is 3.44. The van der Waals surface area contributed by atoms with Crippen LogP contribution >= 0.6 is 11.3 Å². The van der Waals surface area contributed by atoms with Gasteiger partial charge in [0.25, 0.3) is 0 Å². The molecule has 3 rings (SSSR count). The highest BCUT2D eigenvalue weighted by atomic mass is 32.1. The predicted octanol–water partition coefficient (Wildman–Crippen LogP) is 4.03. The van der Waals surface area contributed by atoms with Crippen molar-refractivity contribution in [2.75, 3.05) is 6.54 Å². The van der Waals surface area contributed by atoms with E-state index in [0.717, 1.165) is 24.5 Å². The molecular formula is C16H22N2OS. The lowest BCUT2D eigenvalue weighted by atomic mass is 9.99. The van der Waals surface area contributed by atoms with E-state index in [-0.39, 0.29) is 0 Å². The van der Waals surface area contributed by atoms with Gasteiger partial charge >= 0.3 is 0 Å². The van der Waals surface area contributed by atoms with Crippen molar-refractivity contribution in [2.45, 2.75) is 46.1 Å². The van der Waals surface area contributed by atoms with Crippen molar-refractivity contribution in [3.63, 3.8) is 0 Å². The zero-order valence-corrected chi connectivity index (χ0v) is 13.1. The molecule has 108 valence electrons. The summed E-state index contributed by atoms with van der Waals surface area (Å²) in [4.78, 5) is 7.16. The van der Waals surface area contributed by atoms with Crippen LogP contribution in [-0.4, -0.2) is 11.5 Å². The molecule has 0 spiro atoms. The Morgan fingerprint density at radius 1 is 1.35 bits per heavy atom. The minimum Gasteiger partial charge on any atom is -0.442 e. The summed E-state index contributed by atoms with van der Waals surface area (Å²) in [6, 6.07) is 2.31. The monoisotopic (exact) mass is 290 g/mol. The maximum absolute atomic E-state index is 5.65. The van der Waals surface area contributed by atoms with E-state index in [9.17, 15) is 0 Å². The molecule has 2 aromatic heterocycles. The first-order valence-electron chi connectivity index (χ1n) is 7.49. The molecule has 0 amide bonds. The summed E-state index contributed by atoms with van der Waals surface area (Å²) in [7, 11) is 0. The Kier molecular flexibility index (Phi) is 4.22. The van der Waals surface area contributed by atoms with E-state index < -0.39 is 0 Å². The second-order valence-electron chi connectivity index (χ2n) is 5.92. The summed E-state index contributed by atoms with van der Waals surface area (Å²) in [6.45, 7) is 6.22. The number of aromatic nitrogens is 1. The van der Waals surface area contributed by atoms with Crippen molar-refractivity contribution in [3.05, 3.63) is 28.6 Å². The van der Waals surface area contributed by atoms with Crippen LogP contribution in [0.5, 0.6) is 0 Å². The third kappa shape index (κ3) is 2.96. The van der Waals surface area contributed by atoms with Crippen LogP contribution < -0.4 is 5.32 Å². The molecule has 1 N–H and O–H groups in total. The minimum atomic E-state index is 0.652. The third-order valence-corrected chi connectivity index (χ3v) is 4.94. The molecule has 0 saturated carbocycles. The first-order valence-corrected chi connectivity index (χ1v) is 8.30. The second kappa shape index (κ2) is 6.10. The Morgan fingerprint density at radius 2 is 2.20 bits per heavy atom. The van der Waals surface area contributed by atoms with Gasteiger partial charge in [-0.15, -0.1) is 11.3 Å². The maximum Gasteiger partial charge on any atom is 0.181 e. The average molecular weight is 290 g/mol. The van der Waals surface area contributed by atoms with E-state index in [1.54, 1.807) is 11.3 Å². The highest BCUT2D eigenvalue weighted by Gasteiger charge is 2.18. The number of hydrogen-bond acceptors (Lipinski definition) is 4. The molecule has 2 heterocycles. The first kappa shape index (κ1) is 13.8. The van der Waals surface area contributed by atoms with Crippen molar-refractivity contribution in [2.24, 2.45) is 5.92 Å². The van der Waals surface area contributed by atoms with Crippen molar-refractivity contribution in [1.82, 2.24) is 10.3 Å². The number of nitrogens with one attached hydrogen (secondary N) is 1. The SMILES string of the molecule is CC(C)CNCc1ncoc1-c1cc2c(s1)CCCC2. The standard InChI is InChI=1S/C16H22N2OS/c1-11(2)8-17-9-13-16(19-10-18-13)15-7-12-5-3-4-6-14(12)20-15/h7,10-11,17H,3-6,8-9H2,1-2H3. The number of nitrogens with zero attached hydrogens (tertiary/aromatic N) is 1. The number of thiophene rings is 1. The van der Waals surface area contributed by atoms with Gasteiger partial charge < -0.3 is 9.73 Å². The highest BCUT2D eigenvalue weighted by Crippen LogP contribution is 2.36. The van der Waals surface area contributed by atoms with Crippen molar-refractivity contribution < 1.29 is 4.42 Å². The summed E-state index contributed by atoms with van der Waals surface area (Å²) in [5.74, 6) is 1.61. The second-order valence-corrected chi connectivity index (χ2v) is 7.06. The van der Waals surface area contributed by atoms with Crippen LogP contribution in [0.3, 0.4) is 0 Å². The number of fused-ring (bicyclic) bond motifs is 1. The molecule has 1 aliphatic carbocycles. The fourth-order valence-corrected chi connectivity index (χ4v) is 3.94. The van der Waals surface area contributed by atoms with Gasteiger partial charge in [-0.05, 0) is 49.8 Å². The van der Waals surface area contributed by atoms with E-state index in [0.29, 0.717) is 5.92 Å². The van der Waals surface area contributed by atoms with Gasteiger partial charge in [-0.2, -0.15) is 0 Å². The van der Waals surface area contributed by atoms with Gasteiger partial charge in [-0.3, -0.25) is 0 Å². The summed E-state index contributed by atoms with van der Waals surface area (Å²) in [6.07, 6.45) is 6.67. The third-order valence-electron chi connectivity index (χ3n) is 3.71. The summed E-state index contributed by atoms with van der Waals surface area (Å²) >= 11 is 1.89. The largest absolute Gasteiger partial charge is 0.442 e. The fraction of sp³-hybridized carbons (Fsp3) is 0.562. The number of oxazole rings is 1. The topological polar surface area (TPSA) is 38.1 Å². The molecule has 0 atom stereocenters. The maximum atomic E-state index is 5.65. The lowest BCUT2D eigenvalue weighted by molar-refractivity contribution is 0.545. The normalized spacial score (nSPS) is 14.8. The fourth-order valence-electron chi connectivity index (χ4n) is 2.68. The summed E-state index contributed by atoms with van der Waals surface area (Å²) in [5.41, 5.74) is 2.55. The zero-order valence-electron chi connectivity index (χ0n) is 12.2. The van der Waals surface area contributed by atoms with Crippen LogP contribution in [0.15, 0.2) is 16.9 Å². The Balaban J connectivity index is 1.76. The van der Waals surface area contributed by atoms with E-state index in [1.807, 2.05) is 11.3 Å². The van der Waals surface area contributed by atoms with Gasteiger partial charge in [-0.1, -0.05) is 13.8 Å². The molecule has 20 heavy (non-hydrogen) atoms. The molecule has 0 aliphatic heterocycles.